The van der Waals surface area contributed by atoms with Crippen LogP contribution in [0.15, 0.2) is 45.8 Å². The zero-order valence-corrected chi connectivity index (χ0v) is 10.9. The highest BCUT2D eigenvalue weighted by molar-refractivity contribution is 9.10. The first-order valence-electron chi connectivity index (χ1n) is 5.18. The fourth-order valence-electron chi connectivity index (χ4n) is 1.67. The van der Waals surface area contributed by atoms with Gasteiger partial charge in [-0.15, -0.1) is 0 Å². The van der Waals surface area contributed by atoms with Crippen LogP contribution in [0.3, 0.4) is 0 Å². The first-order chi connectivity index (χ1) is 8.08. The molecule has 0 fully saturated rings. The van der Waals surface area contributed by atoms with E-state index in [0.29, 0.717) is 10.0 Å². The van der Waals surface area contributed by atoms with Crippen molar-refractivity contribution in [3.63, 3.8) is 0 Å². The van der Waals surface area contributed by atoms with E-state index in [2.05, 4.69) is 15.9 Å². The van der Waals surface area contributed by atoms with Crippen LogP contribution in [-0.2, 0) is 6.54 Å². The molecule has 0 radical (unpaired) electrons. The Bertz CT molecular complexity index is 607. The topological polar surface area (TPSA) is 22.0 Å². The molecule has 0 aliphatic heterocycles. The maximum absolute atomic E-state index is 13.5. The van der Waals surface area contributed by atoms with Gasteiger partial charge in [0.2, 0.25) is 0 Å². The lowest BCUT2D eigenvalue weighted by Gasteiger charge is -2.08. The van der Waals surface area contributed by atoms with Crippen LogP contribution in [0.25, 0.3) is 0 Å². The number of pyridine rings is 1. The Labute approximate surface area is 107 Å². The van der Waals surface area contributed by atoms with Gasteiger partial charge in [0.15, 0.2) is 0 Å². The van der Waals surface area contributed by atoms with Gasteiger partial charge in [0.1, 0.15) is 5.82 Å². The van der Waals surface area contributed by atoms with Gasteiger partial charge >= 0.3 is 0 Å². The molecular formula is C13H11BrFNO. The van der Waals surface area contributed by atoms with E-state index in [-0.39, 0.29) is 17.9 Å². The number of hydrogen-bond donors (Lipinski definition) is 0. The van der Waals surface area contributed by atoms with Crippen molar-refractivity contribution in [3.8, 4) is 0 Å². The van der Waals surface area contributed by atoms with Crippen LogP contribution < -0.4 is 5.56 Å². The highest BCUT2D eigenvalue weighted by Gasteiger charge is 2.06. The van der Waals surface area contributed by atoms with Crippen LogP contribution in [0.5, 0.6) is 0 Å². The fourth-order valence-corrected chi connectivity index (χ4v) is 2.26. The number of halogens is 2. The van der Waals surface area contributed by atoms with E-state index in [0.717, 1.165) is 5.56 Å². The van der Waals surface area contributed by atoms with E-state index in [1.54, 1.807) is 30.5 Å². The predicted octanol–water partition coefficient (Wildman–Crippen LogP) is 3.11. The first-order valence-corrected chi connectivity index (χ1v) is 5.97. The van der Waals surface area contributed by atoms with Gasteiger partial charge in [-0.3, -0.25) is 4.79 Å². The average Bonchev–Trinajstić information content (AvgIpc) is 2.28. The van der Waals surface area contributed by atoms with Crippen LogP contribution >= 0.6 is 15.9 Å². The average molecular weight is 296 g/mol. The second kappa shape index (κ2) is 4.84. The molecule has 88 valence electrons. The van der Waals surface area contributed by atoms with Gasteiger partial charge in [-0.2, -0.15) is 0 Å². The molecule has 1 aromatic heterocycles. The summed E-state index contributed by atoms with van der Waals surface area (Å²) in [5, 5.41) is 0. The quantitative estimate of drug-likeness (QED) is 0.834. The predicted molar refractivity (Wildman–Crippen MR) is 68.6 cm³/mol. The minimum atomic E-state index is -0.294. The molecule has 1 aromatic carbocycles. The second-order valence-corrected chi connectivity index (χ2v) is 4.74. The van der Waals surface area contributed by atoms with Crippen LogP contribution in [0.1, 0.15) is 11.1 Å². The van der Waals surface area contributed by atoms with Crippen LogP contribution in [-0.4, -0.2) is 4.57 Å². The summed E-state index contributed by atoms with van der Waals surface area (Å²) < 4.78 is 15.5. The Kier molecular flexibility index (Phi) is 3.43. The minimum absolute atomic E-state index is 0.154. The summed E-state index contributed by atoms with van der Waals surface area (Å²) >= 11 is 3.20. The lowest BCUT2D eigenvalue weighted by Crippen LogP contribution is -2.21. The van der Waals surface area contributed by atoms with Crippen molar-refractivity contribution in [2.24, 2.45) is 0 Å². The largest absolute Gasteiger partial charge is 0.310 e. The van der Waals surface area contributed by atoms with E-state index >= 15 is 0 Å². The first kappa shape index (κ1) is 12.0. The zero-order chi connectivity index (χ0) is 12.4. The number of aryl methyl sites for hydroxylation is 1. The molecule has 0 N–H and O–H groups in total. The Morgan fingerprint density at radius 1 is 1.35 bits per heavy atom. The molecule has 17 heavy (non-hydrogen) atoms. The molecule has 0 aliphatic carbocycles. The Balaban J connectivity index is 2.44. The van der Waals surface area contributed by atoms with Crippen LogP contribution in [0, 0.1) is 12.7 Å². The standard InChI is InChI=1S/C13H11BrFNO/c1-9-6-11(14)13(17)16(7-9)8-10-4-2-3-5-12(10)15/h2-7H,8H2,1H3. The molecule has 0 spiro atoms. The number of nitrogens with zero attached hydrogens (tertiary/aromatic N) is 1. The number of rotatable bonds is 2. The highest BCUT2D eigenvalue weighted by Crippen LogP contribution is 2.10. The van der Waals surface area contributed by atoms with E-state index in [9.17, 15) is 9.18 Å². The lowest BCUT2D eigenvalue weighted by atomic mass is 10.2. The van der Waals surface area contributed by atoms with Crippen LogP contribution in [0.4, 0.5) is 4.39 Å². The lowest BCUT2D eigenvalue weighted by molar-refractivity contribution is 0.595. The molecule has 0 saturated carbocycles. The molecule has 2 aromatic rings. The van der Waals surface area contributed by atoms with Crippen molar-refractivity contribution in [1.82, 2.24) is 4.57 Å². The van der Waals surface area contributed by atoms with Crippen molar-refractivity contribution >= 4 is 15.9 Å². The smallest absolute Gasteiger partial charge is 0.265 e. The molecule has 1 heterocycles. The molecule has 0 saturated heterocycles. The molecule has 2 nitrogen and oxygen atoms in total. The Morgan fingerprint density at radius 3 is 2.76 bits per heavy atom. The normalized spacial score (nSPS) is 10.5. The Morgan fingerprint density at radius 2 is 2.06 bits per heavy atom. The van der Waals surface area contributed by atoms with Gasteiger partial charge in [-0.05, 0) is 40.5 Å². The minimum Gasteiger partial charge on any atom is -0.310 e. The van der Waals surface area contributed by atoms with Gasteiger partial charge in [0.05, 0.1) is 11.0 Å². The van der Waals surface area contributed by atoms with E-state index in [1.165, 1.54) is 10.6 Å². The van der Waals surface area contributed by atoms with Gasteiger partial charge < -0.3 is 4.57 Å². The fraction of sp³-hybridized carbons (Fsp3) is 0.154. The highest BCUT2D eigenvalue weighted by atomic mass is 79.9. The molecule has 0 bridgehead atoms. The van der Waals surface area contributed by atoms with Crippen molar-refractivity contribution in [2.45, 2.75) is 13.5 Å². The zero-order valence-electron chi connectivity index (χ0n) is 9.28. The number of aromatic nitrogens is 1. The van der Waals surface area contributed by atoms with Crippen molar-refractivity contribution in [1.29, 1.82) is 0 Å². The SMILES string of the molecule is Cc1cc(Br)c(=O)n(Cc2ccccc2F)c1. The summed E-state index contributed by atoms with van der Waals surface area (Å²) in [4.78, 5) is 11.8. The molecule has 0 atom stereocenters. The Hall–Kier alpha value is -1.42. The molecule has 2 rings (SSSR count). The third kappa shape index (κ3) is 2.64. The van der Waals surface area contributed by atoms with Gasteiger partial charge in [0, 0.05) is 11.8 Å². The summed E-state index contributed by atoms with van der Waals surface area (Å²) in [6.07, 6.45) is 1.72. The van der Waals surface area contributed by atoms with Gasteiger partial charge in [-0.25, -0.2) is 4.39 Å². The molecule has 0 amide bonds. The van der Waals surface area contributed by atoms with E-state index in [1.807, 2.05) is 6.92 Å². The maximum Gasteiger partial charge on any atom is 0.265 e. The summed E-state index contributed by atoms with van der Waals surface area (Å²) in [6.45, 7) is 2.13. The van der Waals surface area contributed by atoms with Crippen molar-refractivity contribution < 1.29 is 4.39 Å². The maximum atomic E-state index is 13.5. The summed E-state index contributed by atoms with van der Waals surface area (Å²) in [5.74, 6) is -0.294. The van der Waals surface area contributed by atoms with E-state index < -0.39 is 0 Å². The number of hydrogen-bond acceptors (Lipinski definition) is 1. The summed E-state index contributed by atoms with van der Waals surface area (Å²) in [6, 6.07) is 8.21. The van der Waals surface area contributed by atoms with Crippen molar-refractivity contribution in [2.75, 3.05) is 0 Å². The van der Waals surface area contributed by atoms with E-state index in [4.69, 9.17) is 0 Å². The number of benzene rings is 1. The molecule has 0 aliphatic rings. The molecule has 0 unspecified atom stereocenters. The third-order valence-electron chi connectivity index (χ3n) is 2.48. The van der Waals surface area contributed by atoms with Crippen LogP contribution in [0.2, 0.25) is 0 Å². The summed E-state index contributed by atoms with van der Waals surface area (Å²) in [7, 11) is 0. The molecule has 4 heteroatoms. The monoisotopic (exact) mass is 295 g/mol. The van der Waals surface area contributed by atoms with Crippen molar-refractivity contribution in [3.05, 3.63) is 68.3 Å². The second-order valence-electron chi connectivity index (χ2n) is 3.89. The summed E-state index contributed by atoms with van der Waals surface area (Å²) in [5.41, 5.74) is 1.30. The van der Waals surface area contributed by atoms with Gasteiger partial charge in [-0.1, -0.05) is 18.2 Å². The molecular weight excluding hydrogens is 285 g/mol. The van der Waals surface area contributed by atoms with Gasteiger partial charge in [0.25, 0.3) is 5.56 Å². The third-order valence-corrected chi connectivity index (χ3v) is 3.05.